The second kappa shape index (κ2) is 5.55. The van der Waals surface area contributed by atoms with E-state index in [4.69, 9.17) is 0 Å². The second-order valence-corrected chi connectivity index (χ2v) is 5.29. The fraction of sp³-hybridized carbons (Fsp3) is 0.400. The van der Waals surface area contributed by atoms with E-state index in [0.717, 1.165) is 16.6 Å². The highest BCUT2D eigenvalue weighted by Gasteiger charge is 2.35. The summed E-state index contributed by atoms with van der Waals surface area (Å²) in [5.74, 6) is 0.00547. The molecule has 0 radical (unpaired) electrons. The Morgan fingerprint density at radius 2 is 2.14 bits per heavy atom. The van der Waals surface area contributed by atoms with Crippen LogP contribution in [0.1, 0.15) is 12.6 Å². The smallest absolute Gasteiger partial charge is 0.228 e. The van der Waals surface area contributed by atoms with Crippen molar-refractivity contribution in [3.05, 3.63) is 30.0 Å². The lowest BCUT2D eigenvalue weighted by atomic mass is 9.98. The summed E-state index contributed by atoms with van der Waals surface area (Å²) < 4.78 is 0. The minimum Gasteiger partial charge on any atom is -0.356 e. The minimum absolute atomic E-state index is 0.0324. The third kappa shape index (κ3) is 2.61. The van der Waals surface area contributed by atoms with E-state index in [1.54, 1.807) is 4.90 Å². The molecule has 1 aliphatic heterocycles. The monoisotopic (exact) mass is 286 g/mol. The van der Waals surface area contributed by atoms with Crippen LogP contribution in [0.5, 0.6) is 0 Å². The fourth-order valence-corrected chi connectivity index (χ4v) is 2.58. The maximum atomic E-state index is 12.2. The number of benzene rings is 1. The first-order valence-electron chi connectivity index (χ1n) is 7.16. The first-order chi connectivity index (χ1) is 10.2. The van der Waals surface area contributed by atoms with Gasteiger partial charge in [0.1, 0.15) is 0 Å². The molecule has 6 heteroatoms. The Labute approximate surface area is 122 Å². The highest BCUT2D eigenvalue weighted by Crippen LogP contribution is 2.20. The third-order valence-corrected chi connectivity index (χ3v) is 3.82. The predicted molar refractivity (Wildman–Crippen MR) is 78.6 cm³/mol. The number of carbonyl (C=O) groups excluding carboxylic acids is 2. The number of likely N-dealkylation sites (tertiary alicyclic amines) is 1. The maximum absolute atomic E-state index is 12.2. The molecule has 1 aromatic carbocycles. The van der Waals surface area contributed by atoms with Crippen LogP contribution in [0.3, 0.4) is 0 Å². The van der Waals surface area contributed by atoms with Crippen LogP contribution in [0.4, 0.5) is 0 Å². The van der Waals surface area contributed by atoms with Crippen LogP contribution in [0.15, 0.2) is 24.3 Å². The summed E-state index contributed by atoms with van der Waals surface area (Å²) >= 11 is 0. The minimum atomic E-state index is -0.0626. The molecule has 1 saturated heterocycles. The Bertz CT molecular complexity index is 673. The molecule has 110 valence electrons. The lowest BCUT2D eigenvalue weighted by Gasteiger charge is -2.38. The normalized spacial score (nSPS) is 15.0. The highest BCUT2D eigenvalue weighted by molar-refractivity contribution is 5.89. The number of aromatic nitrogens is 2. The van der Waals surface area contributed by atoms with Gasteiger partial charge in [-0.15, -0.1) is 0 Å². The number of hydrogen-bond acceptors (Lipinski definition) is 3. The maximum Gasteiger partial charge on any atom is 0.228 e. The van der Waals surface area contributed by atoms with E-state index in [1.165, 1.54) is 0 Å². The van der Waals surface area contributed by atoms with Crippen molar-refractivity contribution in [1.82, 2.24) is 20.4 Å². The number of hydrogen-bond donors (Lipinski definition) is 2. The molecule has 1 aliphatic rings. The molecule has 2 aromatic rings. The van der Waals surface area contributed by atoms with Crippen molar-refractivity contribution in [3.63, 3.8) is 0 Å². The molecule has 2 amide bonds. The number of para-hydroxylation sites is 1. The first-order valence-corrected chi connectivity index (χ1v) is 7.16. The van der Waals surface area contributed by atoms with Gasteiger partial charge in [0.15, 0.2) is 0 Å². The summed E-state index contributed by atoms with van der Waals surface area (Å²) in [6.07, 6.45) is 0.294. The Morgan fingerprint density at radius 3 is 2.90 bits per heavy atom. The molecule has 21 heavy (non-hydrogen) atoms. The van der Waals surface area contributed by atoms with Crippen LogP contribution >= 0.6 is 0 Å². The molecule has 2 N–H and O–H groups in total. The molecular weight excluding hydrogens is 268 g/mol. The van der Waals surface area contributed by atoms with Gasteiger partial charge in [0.05, 0.1) is 23.5 Å². The van der Waals surface area contributed by atoms with Gasteiger partial charge in [-0.05, 0) is 13.0 Å². The van der Waals surface area contributed by atoms with E-state index in [0.29, 0.717) is 26.1 Å². The van der Waals surface area contributed by atoms with Crippen LogP contribution in [0.2, 0.25) is 0 Å². The zero-order valence-corrected chi connectivity index (χ0v) is 11.9. The largest absolute Gasteiger partial charge is 0.356 e. The fourth-order valence-electron chi connectivity index (χ4n) is 2.58. The zero-order valence-electron chi connectivity index (χ0n) is 11.9. The number of nitrogens with one attached hydrogen (secondary N) is 2. The van der Waals surface area contributed by atoms with Gasteiger partial charge in [0, 0.05) is 25.0 Å². The molecular formula is C15H18N4O2. The molecule has 1 aromatic heterocycles. The van der Waals surface area contributed by atoms with Crippen LogP contribution < -0.4 is 5.32 Å². The van der Waals surface area contributed by atoms with Crippen molar-refractivity contribution in [3.8, 4) is 0 Å². The van der Waals surface area contributed by atoms with Crippen LogP contribution in [0, 0.1) is 5.92 Å². The predicted octanol–water partition coefficient (Wildman–Crippen LogP) is 0.700. The molecule has 0 aliphatic carbocycles. The Morgan fingerprint density at radius 1 is 1.38 bits per heavy atom. The lowest BCUT2D eigenvalue weighted by molar-refractivity contribution is -0.142. The first kappa shape index (κ1) is 13.6. The van der Waals surface area contributed by atoms with Crippen molar-refractivity contribution in [2.45, 2.75) is 13.3 Å². The standard InChI is InChI=1S/C15H18N4O2/c1-2-16-15(21)10-8-19(9-10)14(20)7-13-11-5-3-4-6-12(11)17-18-13/h3-6,10H,2,7-9H2,1H3,(H,16,21)(H,17,18). The Balaban J connectivity index is 1.60. The molecule has 6 nitrogen and oxygen atoms in total. The van der Waals surface area contributed by atoms with Crippen molar-refractivity contribution in [1.29, 1.82) is 0 Å². The summed E-state index contributed by atoms with van der Waals surface area (Å²) in [4.78, 5) is 25.5. The van der Waals surface area contributed by atoms with Gasteiger partial charge < -0.3 is 10.2 Å². The average molecular weight is 286 g/mol. The number of amides is 2. The molecule has 0 saturated carbocycles. The van der Waals surface area contributed by atoms with Crippen molar-refractivity contribution in [2.75, 3.05) is 19.6 Å². The third-order valence-electron chi connectivity index (χ3n) is 3.82. The van der Waals surface area contributed by atoms with Gasteiger partial charge in [0.2, 0.25) is 11.8 Å². The van der Waals surface area contributed by atoms with Gasteiger partial charge in [-0.1, -0.05) is 18.2 Å². The van der Waals surface area contributed by atoms with Gasteiger partial charge in [-0.2, -0.15) is 5.10 Å². The molecule has 1 fully saturated rings. The quantitative estimate of drug-likeness (QED) is 0.868. The highest BCUT2D eigenvalue weighted by atomic mass is 16.2. The van der Waals surface area contributed by atoms with Crippen molar-refractivity contribution >= 4 is 22.7 Å². The Kier molecular flexibility index (Phi) is 3.60. The molecule has 0 bridgehead atoms. The van der Waals surface area contributed by atoms with E-state index < -0.39 is 0 Å². The number of carbonyl (C=O) groups is 2. The van der Waals surface area contributed by atoms with E-state index in [9.17, 15) is 9.59 Å². The second-order valence-electron chi connectivity index (χ2n) is 5.29. The van der Waals surface area contributed by atoms with Crippen LogP contribution in [-0.4, -0.2) is 46.5 Å². The van der Waals surface area contributed by atoms with Crippen molar-refractivity contribution < 1.29 is 9.59 Å². The van der Waals surface area contributed by atoms with E-state index in [-0.39, 0.29) is 17.7 Å². The number of H-pyrrole nitrogens is 1. The van der Waals surface area contributed by atoms with Crippen LogP contribution in [0.25, 0.3) is 10.9 Å². The van der Waals surface area contributed by atoms with E-state index in [1.807, 2.05) is 31.2 Å². The molecule has 2 heterocycles. The van der Waals surface area contributed by atoms with Gasteiger partial charge in [-0.25, -0.2) is 0 Å². The molecule has 0 spiro atoms. The number of fused-ring (bicyclic) bond motifs is 1. The molecule has 0 atom stereocenters. The molecule has 3 rings (SSSR count). The van der Waals surface area contributed by atoms with Gasteiger partial charge >= 0.3 is 0 Å². The summed E-state index contributed by atoms with van der Waals surface area (Å²) in [5, 5.41) is 10.9. The van der Waals surface area contributed by atoms with E-state index in [2.05, 4.69) is 15.5 Å². The number of aromatic amines is 1. The summed E-state index contributed by atoms with van der Waals surface area (Å²) in [7, 11) is 0. The topological polar surface area (TPSA) is 78.1 Å². The summed E-state index contributed by atoms with van der Waals surface area (Å²) in [5.41, 5.74) is 1.70. The SMILES string of the molecule is CCNC(=O)C1CN(C(=O)Cc2[nH]nc3ccccc23)C1. The average Bonchev–Trinajstić information content (AvgIpc) is 2.81. The zero-order chi connectivity index (χ0) is 14.8. The number of nitrogens with zero attached hydrogens (tertiary/aromatic N) is 2. The van der Waals surface area contributed by atoms with E-state index >= 15 is 0 Å². The molecule has 0 unspecified atom stereocenters. The van der Waals surface area contributed by atoms with Crippen LogP contribution in [-0.2, 0) is 16.0 Å². The lowest BCUT2D eigenvalue weighted by Crippen LogP contribution is -2.56. The van der Waals surface area contributed by atoms with Crippen molar-refractivity contribution in [2.24, 2.45) is 5.92 Å². The Hall–Kier alpha value is -2.37. The van der Waals surface area contributed by atoms with Gasteiger partial charge in [-0.3, -0.25) is 14.7 Å². The van der Waals surface area contributed by atoms with Gasteiger partial charge in [0.25, 0.3) is 0 Å². The summed E-state index contributed by atoms with van der Waals surface area (Å²) in [6.45, 7) is 3.54. The number of rotatable bonds is 4. The summed E-state index contributed by atoms with van der Waals surface area (Å²) in [6, 6.07) is 7.71.